The maximum atomic E-state index is 10.6. The molecule has 2 N–H and O–H groups in total. The molecular formula is C7H11N3O2S. The van der Waals surface area contributed by atoms with Crippen molar-refractivity contribution in [1.29, 1.82) is 0 Å². The molecule has 1 aromatic heterocycles. The van der Waals surface area contributed by atoms with Gasteiger partial charge in [-0.25, -0.2) is 4.98 Å². The predicted molar refractivity (Wildman–Crippen MR) is 48.5 cm³/mol. The van der Waals surface area contributed by atoms with Gasteiger partial charge in [0.1, 0.15) is 6.33 Å². The minimum atomic E-state index is -0.792. The van der Waals surface area contributed by atoms with Gasteiger partial charge in [-0.05, 0) is 0 Å². The summed E-state index contributed by atoms with van der Waals surface area (Å²) in [5, 5.41) is 15.7. The first-order valence-electron chi connectivity index (χ1n) is 3.86. The van der Waals surface area contributed by atoms with E-state index in [9.17, 15) is 4.79 Å². The van der Waals surface area contributed by atoms with Gasteiger partial charge >= 0.3 is 5.97 Å². The minimum Gasteiger partial charge on any atom is -0.481 e. The maximum absolute atomic E-state index is 10.6. The highest BCUT2D eigenvalue weighted by atomic mass is 32.2. The predicted octanol–water partition coefficient (Wildman–Crippen LogP) is 1.01. The molecule has 0 radical (unpaired) electrons. The summed E-state index contributed by atoms with van der Waals surface area (Å²) in [5.74, 6) is -1.19. The van der Waals surface area contributed by atoms with Crippen LogP contribution in [-0.4, -0.2) is 31.5 Å². The van der Waals surface area contributed by atoms with Crippen LogP contribution < -0.4 is 0 Å². The number of hydrogen-bond donors (Lipinski definition) is 2. The molecule has 1 rings (SSSR count). The second kappa shape index (κ2) is 4.27. The molecule has 0 saturated heterocycles. The van der Waals surface area contributed by atoms with Crippen LogP contribution in [0.1, 0.15) is 13.8 Å². The lowest BCUT2D eigenvalue weighted by Crippen LogP contribution is -2.20. The molecule has 0 amide bonds. The second-order valence-electron chi connectivity index (χ2n) is 2.74. The summed E-state index contributed by atoms with van der Waals surface area (Å²) in [7, 11) is 0. The molecule has 2 unspecified atom stereocenters. The van der Waals surface area contributed by atoms with E-state index in [1.54, 1.807) is 6.92 Å². The summed E-state index contributed by atoms with van der Waals surface area (Å²) in [6, 6.07) is 0. The maximum Gasteiger partial charge on any atom is 0.307 e. The molecule has 0 bridgehead atoms. The van der Waals surface area contributed by atoms with Crippen LogP contribution in [0.15, 0.2) is 11.5 Å². The molecule has 13 heavy (non-hydrogen) atoms. The lowest BCUT2D eigenvalue weighted by Gasteiger charge is -2.12. The molecule has 1 heterocycles. The number of nitrogens with zero attached hydrogens (tertiary/aromatic N) is 2. The van der Waals surface area contributed by atoms with E-state index >= 15 is 0 Å². The third-order valence-electron chi connectivity index (χ3n) is 1.78. The van der Waals surface area contributed by atoms with Crippen molar-refractivity contribution in [3.05, 3.63) is 6.33 Å². The van der Waals surface area contributed by atoms with E-state index in [1.165, 1.54) is 18.1 Å². The van der Waals surface area contributed by atoms with E-state index in [0.29, 0.717) is 5.16 Å². The minimum absolute atomic E-state index is 0.0227. The number of aromatic amines is 1. The molecule has 0 spiro atoms. The number of thioether (sulfide) groups is 1. The molecule has 6 heteroatoms. The number of H-pyrrole nitrogens is 1. The third-order valence-corrected chi connectivity index (χ3v) is 2.98. The van der Waals surface area contributed by atoms with Crippen LogP contribution >= 0.6 is 11.8 Å². The van der Waals surface area contributed by atoms with E-state index in [1.807, 2.05) is 6.92 Å². The summed E-state index contributed by atoms with van der Waals surface area (Å²) in [5.41, 5.74) is 0. The SMILES string of the molecule is CC(Sc1ncn[nH]1)C(C)C(=O)O. The number of aromatic nitrogens is 3. The van der Waals surface area contributed by atoms with Crippen LogP contribution in [-0.2, 0) is 4.79 Å². The van der Waals surface area contributed by atoms with Crippen LogP contribution in [0.2, 0.25) is 0 Å². The van der Waals surface area contributed by atoms with Crippen molar-refractivity contribution in [3.63, 3.8) is 0 Å². The van der Waals surface area contributed by atoms with Gasteiger partial charge in [0.25, 0.3) is 0 Å². The number of carbonyl (C=O) groups is 1. The normalized spacial score (nSPS) is 15.2. The molecule has 0 saturated carbocycles. The highest BCUT2D eigenvalue weighted by Gasteiger charge is 2.20. The first kappa shape index (κ1) is 10.0. The lowest BCUT2D eigenvalue weighted by molar-refractivity contribution is -0.140. The third kappa shape index (κ3) is 2.73. The van der Waals surface area contributed by atoms with Crippen LogP contribution in [0.4, 0.5) is 0 Å². The Morgan fingerprint density at radius 1 is 1.69 bits per heavy atom. The average molecular weight is 201 g/mol. The Hall–Kier alpha value is -1.04. The van der Waals surface area contributed by atoms with Gasteiger partial charge in [0.2, 0.25) is 0 Å². The standard InChI is InChI=1S/C7H11N3O2S/c1-4(6(11)12)5(2)13-7-8-3-9-10-7/h3-5H,1-2H3,(H,11,12)(H,8,9,10). The second-order valence-corrected chi connectivity index (χ2v) is 4.11. The fourth-order valence-corrected chi connectivity index (χ4v) is 1.62. The Morgan fingerprint density at radius 3 is 2.85 bits per heavy atom. The lowest BCUT2D eigenvalue weighted by atomic mass is 10.1. The van der Waals surface area contributed by atoms with Crippen LogP contribution in [0.5, 0.6) is 0 Å². The van der Waals surface area contributed by atoms with Gasteiger partial charge in [-0.15, -0.1) is 0 Å². The molecule has 72 valence electrons. The number of aliphatic carboxylic acids is 1. The first-order chi connectivity index (χ1) is 6.11. The zero-order valence-electron chi connectivity index (χ0n) is 7.39. The fourth-order valence-electron chi connectivity index (χ4n) is 0.730. The molecule has 1 aromatic rings. The quantitative estimate of drug-likeness (QED) is 0.711. The van der Waals surface area contributed by atoms with Gasteiger partial charge in [0.15, 0.2) is 5.16 Å². The van der Waals surface area contributed by atoms with Crippen molar-refractivity contribution in [1.82, 2.24) is 15.2 Å². The molecule has 0 aliphatic rings. The Balaban J connectivity index is 2.50. The van der Waals surface area contributed by atoms with Crippen LogP contribution in [0, 0.1) is 5.92 Å². The zero-order chi connectivity index (χ0) is 9.84. The molecule has 5 nitrogen and oxygen atoms in total. The van der Waals surface area contributed by atoms with Crippen molar-refractivity contribution in [2.45, 2.75) is 24.3 Å². The summed E-state index contributed by atoms with van der Waals surface area (Å²) < 4.78 is 0. The highest BCUT2D eigenvalue weighted by molar-refractivity contribution is 7.99. The number of carboxylic acids is 1. The molecule has 2 atom stereocenters. The average Bonchev–Trinajstić information content (AvgIpc) is 2.55. The van der Waals surface area contributed by atoms with Gasteiger partial charge in [-0.3, -0.25) is 9.89 Å². The largest absolute Gasteiger partial charge is 0.481 e. The number of hydrogen-bond acceptors (Lipinski definition) is 4. The summed E-state index contributed by atoms with van der Waals surface area (Å²) in [4.78, 5) is 14.5. The van der Waals surface area contributed by atoms with Gasteiger partial charge in [0.05, 0.1) is 5.92 Å². The van der Waals surface area contributed by atoms with Crippen molar-refractivity contribution in [3.8, 4) is 0 Å². The van der Waals surface area contributed by atoms with E-state index in [-0.39, 0.29) is 5.25 Å². The number of nitrogens with one attached hydrogen (secondary N) is 1. The Labute approximate surface area is 80.0 Å². The highest BCUT2D eigenvalue weighted by Crippen LogP contribution is 2.24. The Morgan fingerprint density at radius 2 is 2.38 bits per heavy atom. The summed E-state index contributed by atoms with van der Waals surface area (Å²) in [6.45, 7) is 3.53. The molecule has 0 aromatic carbocycles. The number of rotatable bonds is 4. The van der Waals surface area contributed by atoms with Crippen molar-refractivity contribution >= 4 is 17.7 Å². The zero-order valence-corrected chi connectivity index (χ0v) is 8.21. The smallest absolute Gasteiger partial charge is 0.307 e. The van der Waals surface area contributed by atoms with E-state index in [2.05, 4.69) is 15.2 Å². The Bertz CT molecular complexity index is 275. The van der Waals surface area contributed by atoms with Gasteiger partial charge in [-0.2, -0.15) is 5.10 Å². The van der Waals surface area contributed by atoms with E-state index in [0.717, 1.165) is 0 Å². The fraction of sp³-hybridized carbons (Fsp3) is 0.571. The summed E-state index contributed by atoms with van der Waals surface area (Å²) in [6.07, 6.45) is 1.40. The Kier molecular flexibility index (Phi) is 3.30. The van der Waals surface area contributed by atoms with Gasteiger partial charge in [-0.1, -0.05) is 25.6 Å². The van der Waals surface area contributed by atoms with Crippen molar-refractivity contribution in [2.75, 3.05) is 0 Å². The molecule has 0 fully saturated rings. The van der Waals surface area contributed by atoms with Crippen molar-refractivity contribution in [2.24, 2.45) is 5.92 Å². The monoisotopic (exact) mass is 201 g/mol. The van der Waals surface area contributed by atoms with E-state index in [4.69, 9.17) is 5.11 Å². The van der Waals surface area contributed by atoms with Crippen LogP contribution in [0.25, 0.3) is 0 Å². The van der Waals surface area contributed by atoms with Crippen molar-refractivity contribution < 1.29 is 9.90 Å². The van der Waals surface area contributed by atoms with Gasteiger partial charge < -0.3 is 5.11 Å². The number of carboxylic acid groups (broad SMARTS) is 1. The molecular weight excluding hydrogens is 190 g/mol. The first-order valence-corrected chi connectivity index (χ1v) is 4.74. The molecule has 0 aliphatic carbocycles. The summed E-state index contributed by atoms with van der Waals surface area (Å²) >= 11 is 1.38. The van der Waals surface area contributed by atoms with E-state index < -0.39 is 11.9 Å². The molecule has 0 aliphatic heterocycles. The van der Waals surface area contributed by atoms with Crippen LogP contribution in [0.3, 0.4) is 0 Å². The topological polar surface area (TPSA) is 78.9 Å². The van der Waals surface area contributed by atoms with Gasteiger partial charge in [0, 0.05) is 5.25 Å².